The number of hydrogen-bond donors (Lipinski definition) is 0. The Morgan fingerprint density at radius 3 is 2.50 bits per heavy atom. The molecule has 5 heteroatoms. The van der Waals surface area contributed by atoms with Crippen molar-refractivity contribution in [1.29, 1.82) is 0 Å². The lowest BCUT2D eigenvalue weighted by Gasteiger charge is -2.02. The summed E-state index contributed by atoms with van der Waals surface area (Å²) in [6.07, 6.45) is 0. The van der Waals surface area contributed by atoms with E-state index in [9.17, 15) is 13.6 Å². The molecule has 1 aliphatic rings. The van der Waals surface area contributed by atoms with Gasteiger partial charge in [0.15, 0.2) is 0 Å². The Morgan fingerprint density at radius 2 is 1.81 bits per heavy atom. The van der Waals surface area contributed by atoms with Crippen molar-refractivity contribution in [3.63, 3.8) is 0 Å². The molecule has 0 unspecified atom stereocenters. The number of furan rings is 1. The molecule has 1 aromatic heterocycles. The third-order valence-corrected chi connectivity index (χ3v) is 4.94. The molecule has 0 N–H and O–H groups in total. The molecule has 3 aromatic rings. The Morgan fingerprint density at radius 1 is 1.12 bits per heavy atom. The number of carbonyl (C=O) groups is 1. The van der Waals surface area contributed by atoms with E-state index in [-0.39, 0.29) is 6.61 Å². The fourth-order valence-electron chi connectivity index (χ4n) is 3.70. The van der Waals surface area contributed by atoms with Gasteiger partial charge in [-0.15, -0.1) is 0 Å². The molecule has 4 rings (SSSR count). The molecule has 1 heterocycles. The summed E-state index contributed by atoms with van der Waals surface area (Å²) in [5.74, 6) is -4.63. The molecule has 0 aliphatic heterocycles. The summed E-state index contributed by atoms with van der Waals surface area (Å²) >= 11 is 0. The smallest absolute Gasteiger partial charge is 0.342 e. The van der Waals surface area contributed by atoms with Crippen LogP contribution in [0, 0.1) is 6.92 Å². The maximum Gasteiger partial charge on any atom is 0.342 e. The molecule has 26 heavy (non-hydrogen) atoms. The van der Waals surface area contributed by atoms with Gasteiger partial charge in [0.1, 0.15) is 16.9 Å². The standard InChI is InChI=1S/C21H18F2O3/c1-3-25-20(24)17-12(2)26-16-10-9-14(11-15(16)17)19-18(21(19,22)23)13-7-5-4-6-8-13/h4-11,18-19H,3H2,1-2H3/t18-,19-/m0/s1. The normalized spacial score (nSPS) is 20.9. The van der Waals surface area contributed by atoms with E-state index in [1.807, 2.05) is 6.07 Å². The Hall–Kier alpha value is -2.69. The first-order chi connectivity index (χ1) is 12.4. The third kappa shape index (κ3) is 2.50. The number of fused-ring (bicyclic) bond motifs is 1. The molecule has 1 aliphatic carbocycles. The summed E-state index contributed by atoms with van der Waals surface area (Å²) in [7, 11) is 0. The molecule has 1 saturated carbocycles. The maximum absolute atomic E-state index is 14.5. The minimum absolute atomic E-state index is 0.238. The van der Waals surface area contributed by atoms with Crippen LogP contribution in [0.1, 0.15) is 46.0 Å². The van der Waals surface area contributed by atoms with Gasteiger partial charge in [0.2, 0.25) is 0 Å². The number of halogens is 2. The highest BCUT2D eigenvalue weighted by molar-refractivity contribution is 6.04. The van der Waals surface area contributed by atoms with Gasteiger partial charge in [0.25, 0.3) is 5.92 Å². The highest BCUT2D eigenvalue weighted by atomic mass is 19.3. The van der Waals surface area contributed by atoms with Crippen molar-refractivity contribution in [3.8, 4) is 0 Å². The average molecular weight is 356 g/mol. The van der Waals surface area contributed by atoms with E-state index >= 15 is 0 Å². The highest BCUT2D eigenvalue weighted by Crippen LogP contribution is 2.67. The van der Waals surface area contributed by atoms with E-state index in [0.29, 0.717) is 33.4 Å². The van der Waals surface area contributed by atoms with Crippen molar-refractivity contribution in [2.45, 2.75) is 31.6 Å². The van der Waals surface area contributed by atoms with Gasteiger partial charge >= 0.3 is 5.97 Å². The van der Waals surface area contributed by atoms with Crippen LogP contribution >= 0.6 is 0 Å². The average Bonchev–Trinajstić information content (AvgIpc) is 3.03. The van der Waals surface area contributed by atoms with Crippen molar-refractivity contribution < 1.29 is 22.7 Å². The zero-order valence-corrected chi connectivity index (χ0v) is 14.5. The lowest BCUT2D eigenvalue weighted by atomic mass is 10.0. The number of carbonyl (C=O) groups excluding carboxylic acids is 1. The van der Waals surface area contributed by atoms with Gasteiger partial charge in [-0.1, -0.05) is 36.4 Å². The molecule has 2 atom stereocenters. The summed E-state index contributed by atoms with van der Waals surface area (Å²) in [6.45, 7) is 3.63. The van der Waals surface area contributed by atoms with Crippen LogP contribution in [0.25, 0.3) is 11.0 Å². The lowest BCUT2D eigenvalue weighted by molar-refractivity contribution is 0.0526. The molecule has 3 nitrogen and oxygen atoms in total. The van der Waals surface area contributed by atoms with Gasteiger partial charge in [-0.25, -0.2) is 13.6 Å². The molecular formula is C21H18F2O3. The van der Waals surface area contributed by atoms with Crippen LogP contribution in [0.15, 0.2) is 52.9 Å². The topological polar surface area (TPSA) is 39.4 Å². The second kappa shape index (κ2) is 5.94. The summed E-state index contributed by atoms with van der Waals surface area (Å²) in [5, 5.41) is 0.521. The molecule has 0 amide bonds. The number of ether oxygens (including phenoxy) is 1. The zero-order chi connectivity index (χ0) is 18.5. The van der Waals surface area contributed by atoms with Crippen molar-refractivity contribution in [1.82, 2.24) is 0 Å². The van der Waals surface area contributed by atoms with Crippen LogP contribution < -0.4 is 0 Å². The second-order valence-electron chi connectivity index (χ2n) is 6.55. The number of benzene rings is 2. The summed E-state index contributed by atoms with van der Waals surface area (Å²) in [6, 6.07) is 13.7. The van der Waals surface area contributed by atoms with Gasteiger partial charge in [-0.2, -0.15) is 0 Å². The fraction of sp³-hybridized carbons (Fsp3) is 0.286. The third-order valence-electron chi connectivity index (χ3n) is 4.94. The molecule has 134 valence electrons. The SMILES string of the molecule is CCOC(=O)c1c(C)oc2ccc([C@H]3[C@H](c4ccccc4)C3(F)F)cc12. The van der Waals surface area contributed by atoms with E-state index in [0.717, 1.165) is 0 Å². The van der Waals surface area contributed by atoms with Crippen molar-refractivity contribution in [2.24, 2.45) is 0 Å². The fourth-order valence-corrected chi connectivity index (χ4v) is 3.70. The van der Waals surface area contributed by atoms with Crippen LogP contribution in [0.2, 0.25) is 0 Å². The molecule has 1 fully saturated rings. The monoisotopic (exact) mass is 356 g/mol. The number of aryl methyl sites for hydroxylation is 1. The lowest BCUT2D eigenvalue weighted by Crippen LogP contribution is -2.05. The zero-order valence-electron chi connectivity index (χ0n) is 14.5. The van der Waals surface area contributed by atoms with Crippen molar-refractivity contribution >= 4 is 16.9 Å². The highest BCUT2D eigenvalue weighted by Gasteiger charge is 2.69. The Balaban J connectivity index is 1.76. The summed E-state index contributed by atoms with van der Waals surface area (Å²) < 4.78 is 39.7. The molecule has 0 spiro atoms. The molecule has 2 aromatic carbocycles. The van der Waals surface area contributed by atoms with E-state index in [2.05, 4.69) is 0 Å². The van der Waals surface area contributed by atoms with Crippen LogP contribution in [-0.2, 0) is 4.74 Å². The second-order valence-corrected chi connectivity index (χ2v) is 6.55. The predicted molar refractivity (Wildman–Crippen MR) is 93.8 cm³/mol. The van der Waals surface area contributed by atoms with E-state index < -0.39 is 23.7 Å². The van der Waals surface area contributed by atoms with Gasteiger partial charge in [0, 0.05) is 5.39 Å². The largest absolute Gasteiger partial charge is 0.462 e. The summed E-state index contributed by atoms with van der Waals surface area (Å²) in [4.78, 5) is 12.2. The molecule has 0 radical (unpaired) electrons. The van der Waals surface area contributed by atoms with Crippen LogP contribution in [0.5, 0.6) is 0 Å². The van der Waals surface area contributed by atoms with Crippen molar-refractivity contribution in [3.05, 3.63) is 71.0 Å². The maximum atomic E-state index is 14.5. The van der Waals surface area contributed by atoms with Gasteiger partial charge in [-0.3, -0.25) is 0 Å². The van der Waals surface area contributed by atoms with E-state index in [4.69, 9.17) is 9.15 Å². The molecule has 0 saturated heterocycles. The first-order valence-electron chi connectivity index (χ1n) is 8.58. The minimum Gasteiger partial charge on any atom is -0.462 e. The quantitative estimate of drug-likeness (QED) is 0.585. The Kier molecular flexibility index (Phi) is 3.83. The summed E-state index contributed by atoms with van der Waals surface area (Å²) in [5.41, 5.74) is 1.93. The van der Waals surface area contributed by atoms with Gasteiger partial charge < -0.3 is 9.15 Å². The van der Waals surface area contributed by atoms with Gasteiger partial charge in [-0.05, 0) is 37.1 Å². The van der Waals surface area contributed by atoms with Crippen LogP contribution in [-0.4, -0.2) is 18.5 Å². The minimum atomic E-state index is -2.81. The van der Waals surface area contributed by atoms with Crippen LogP contribution in [0.3, 0.4) is 0 Å². The number of rotatable bonds is 4. The molecule has 0 bridgehead atoms. The predicted octanol–water partition coefficient (Wildman–Crippen LogP) is 5.43. The number of alkyl halides is 2. The number of esters is 1. The van der Waals surface area contributed by atoms with E-state index in [1.165, 1.54) is 0 Å². The Labute approximate surface area is 149 Å². The number of hydrogen-bond acceptors (Lipinski definition) is 3. The first kappa shape index (κ1) is 16.8. The van der Waals surface area contributed by atoms with Gasteiger partial charge in [0.05, 0.1) is 18.4 Å². The van der Waals surface area contributed by atoms with E-state index in [1.54, 1.807) is 56.3 Å². The molecular weight excluding hydrogens is 338 g/mol. The van der Waals surface area contributed by atoms with Crippen molar-refractivity contribution in [2.75, 3.05) is 6.61 Å². The first-order valence-corrected chi connectivity index (χ1v) is 8.58. The van der Waals surface area contributed by atoms with Crippen LogP contribution in [0.4, 0.5) is 8.78 Å². The Bertz CT molecular complexity index is 976.